The Balaban J connectivity index is 1.37. The third kappa shape index (κ3) is 5.91. The normalized spacial score (nSPS) is 17.5. The van der Waals surface area contributed by atoms with E-state index in [1.165, 1.54) is 43.4 Å². The largest absolute Gasteiger partial charge is 0.380 e. The van der Waals surface area contributed by atoms with Crippen molar-refractivity contribution < 1.29 is 4.39 Å². The second kappa shape index (κ2) is 11.2. The molecule has 0 amide bonds. The average Bonchev–Trinajstić information content (AvgIpc) is 3.24. The Bertz CT molecular complexity index is 978. The number of benzene rings is 1. The van der Waals surface area contributed by atoms with Gasteiger partial charge in [0.2, 0.25) is 0 Å². The van der Waals surface area contributed by atoms with Crippen LogP contribution in [0.4, 0.5) is 10.1 Å². The fourth-order valence-electron chi connectivity index (χ4n) is 4.40. The summed E-state index contributed by atoms with van der Waals surface area (Å²) in [5.41, 5.74) is 5.92. The van der Waals surface area contributed by atoms with Gasteiger partial charge in [0.1, 0.15) is 5.82 Å². The van der Waals surface area contributed by atoms with Gasteiger partial charge in [0, 0.05) is 43.0 Å². The average molecular weight is 432 g/mol. The van der Waals surface area contributed by atoms with Crippen LogP contribution >= 0.6 is 0 Å². The molecule has 1 aliphatic carbocycles. The highest BCUT2D eigenvalue weighted by molar-refractivity contribution is 5.68. The van der Waals surface area contributed by atoms with E-state index in [2.05, 4.69) is 40.0 Å². The van der Waals surface area contributed by atoms with Crippen LogP contribution in [-0.2, 0) is 0 Å². The molecule has 2 fully saturated rings. The molecule has 1 aliphatic heterocycles. The summed E-state index contributed by atoms with van der Waals surface area (Å²) in [4.78, 5) is 6.83. The quantitative estimate of drug-likeness (QED) is 0.392. The molecule has 1 saturated carbocycles. The lowest BCUT2D eigenvalue weighted by Gasteiger charge is -2.26. The minimum absolute atomic E-state index is 0.185. The predicted octanol–water partition coefficient (Wildman–Crippen LogP) is 6.31. The summed E-state index contributed by atoms with van der Waals surface area (Å²) in [6.07, 6.45) is 14.4. The van der Waals surface area contributed by atoms with Crippen molar-refractivity contribution in [1.82, 2.24) is 10.3 Å². The SMILES string of the molecule is CCCCCCC#Cc1cncc(N2CCC(NC(=C3CCC3)c3ccc(F)cc3)C2)c1. The van der Waals surface area contributed by atoms with Gasteiger partial charge in [-0.1, -0.05) is 50.2 Å². The molecule has 168 valence electrons. The van der Waals surface area contributed by atoms with Crippen LogP contribution in [0.3, 0.4) is 0 Å². The number of rotatable bonds is 8. The first kappa shape index (κ1) is 22.4. The zero-order valence-corrected chi connectivity index (χ0v) is 19.2. The molecular weight excluding hydrogens is 397 g/mol. The third-order valence-electron chi connectivity index (χ3n) is 6.46. The van der Waals surface area contributed by atoms with Crippen molar-refractivity contribution in [1.29, 1.82) is 0 Å². The van der Waals surface area contributed by atoms with Crippen molar-refractivity contribution in [2.75, 3.05) is 18.0 Å². The Morgan fingerprint density at radius 1 is 1.16 bits per heavy atom. The molecule has 1 N–H and O–H groups in total. The van der Waals surface area contributed by atoms with Gasteiger partial charge in [0.15, 0.2) is 0 Å². The number of aromatic nitrogens is 1. The highest BCUT2D eigenvalue weighted by Crippen LogP contribution is 2.33. The van der Waals surface area contributed by atoms with Gasteiger partial charge in [0.05, 0.1) is 11.9 Å². The van der Waals surface area contributed by atoms with E-state index in [9.17, 15) is 4.39 Å². The van der Waals surface area contributed by atoms with Crippen molar-refractivity contribution in [3.05, 3.63) is 65.2 Å². The molecule has 0 spiro atoms. The standard InChI is InChI=1S/C28H34FN3/c1-2-3-4-5-6-7-9-22-18-27(20-30-19-22)32-17-16-26(21-32)31-28(23-10-8-11-23)24-12-14-25(29)15-13-24/h12-15,18-20,26,31H,2-6,8,10-11,16-17,21H2,1H3. The monoisotopic (exact) mass is 431 g/mol. The molecule has 1 aromatic carbocycles. The number of halogens is 1. The number of unbranched alkanes of at least 4 members (excludes halogenated alkanes) is 4. The molecule has 1 aromatic heterocycles. The molecule has 1 atom stereocenters. The van der Waals surface area contributed by atoms with Gasteiger partial charge in [-0.3, -0.25) is 4.98 Å². The number of nitrogens with zero attached hydrogens (tertiary/aromatic N) is 2. The van der Waals surface area contributed by atoms with E-state index in [0.717, 1.165) is 55.6 Å². The first-order valence-corrected chi connectivity index (χ1v) is 12.2. The van der Waals surface area contributed by atoms with Gasteiger partial charge >= 0.3 is 0 Å². The highest BCUT2D eigenvalue weighted by Gasteiger charge is 2.26. The number of pyridine rings is 1. The Hall–Kier alpha value is -2.80. The molecule has 2 aromatic rings. The van der Waals surface area contributed by atoms with E-state index in [4.69, 9.17) is 0 Å². The van der Waals surface area contributed by atoms with Gasteiger partial charge in [0.25, 0.3) is 0 Å². The van der Waals surface area contributed by atoms with Crippen molar-refractivity contribution >= 4 is 11.4 Å². The van der Waals surface area contributed by atoms with Crippen LogP contribution in [0.25, 0.3) is 5.70 Å². The van der Waals surface area contributed by atoms with Crippen LogP contribution in [0.15, 0.2) is 48.3 Å². The second-order valence-corrected chi connectivity index (χ2v) is 8.96. The highest BCUT2D eigenvalue weighted by atomic mass is 19.1. The summed E-state index contributed by atoms with van der Waals surface area (Å²) < 4.78 is 13.4. The third-order valence-corrected chi connectivity index (χ3v) is 6.46. The summed E-state index contributed by atoms with van der Waals surface area (Å²) >= 11 is 0. The summed E-state index contributed by atoms with van der Waals surface area (Å²) in [5.74, 6) is 6.41. The molecule has 4 heteroatoms. The van der Waals surface area contributed by atoms with E-state index in [-0.39, 0.29) is 5.82 Å². The summed E-state index contributed by atoms with van der Waals surface area (Å²) in [6.45, 7) is 4.17. The van der Waals surface area contributed by atoms with Gasteiger partial charge in [-0.25, -0.2) is 4.39 Å². The maximum absolute atomic E-state index is 13.4. The smallest absolute Gasteiger partial charge is 0.123 e. The maximum Gasteiger partial charge on any atom is 0.123 e. The van der Waals surface area contributed by atoms with Crippen LogP contribution in [-0.4, -0.2) is 24.1 Å². The molecule has 4 rings (SSSR count). The van der Waals surface area contributed by atoms with Crippen LogP contribution in [0, 0.1) is 17.7 Å². The van der Waals surface area contributed by atoms with Gasteiger partial charge in [-0.15, -0.1) is 0 Å². The van der Waals surface area contributed by atoms with Crippen LogP contribution in [0.5, 0.6) is 0 Å². The Kier molecular flexibility index (Phi) is 7.82. The van der Waals surface area contributed by atoms with Crippen LogP contribution in [0.2, 0.25) is 0 Å². The zero-order chi connectivity index (χ0) is 22.2. The number of anilines is 1. The Labute approximate surface area is 192 Å². The molecule has 0 radical (unpaired) electrons. The summed E-state index contributed by atoms with van der Waals surface area (Å²) in [7, 11) is 0. The number of hydrogen-bond donors (Lipinski definition) is 1. The Morgan fingerprint density at radius 3 is 2.75 bits per heavy atom. The van der Waals surface area contributed by atoms with E-state index >= 15 is 0 Å². The van der Waals surface area contributed by atoms with Gasteiger partial charge in [-0.05, 0) is 61.4 Å². The minimum atomic E-state index is -0.185. The zero-order valence-electron chi connectivity index (χ0n) is 19.2. The topological polar surface area (TPSA) is 28.2 Å². The molecule has 1 saturated heterocycles. The number of hydrogen-bond acceptors (Lipinski definition) is 3. The predicted molar refractivity (Wildman–Crippen MR) is 131 cm³/mol. The first-order valence-electron chi connectivity index (χ1n) is 12.2. The second-order valence-electron chi connectivity index (χ2n) is 8.96. The van der Waals surface area contributed by atoms with Crippen molar-refractivity contribution in [3.8, 4) is 11.8 Å². The van der Waals surface area contributed by atoms with E-state index in [1.807, 2.05) is 24.5 Å². The molecular formula is C28H34FN3. The van der Waals surface area contributed by atoms with Crippen LogP contribution < -0.4 is 10.2 Å². The number of allylic oxidation sites excluding steroid dienone is 1. The molecule has 3 nitrogen and oxygen atoms in total. The van der Waals surface area contributed by atoms with Crippen LogP contribution in [0.1, 0.15) is 75.8 Å². The fraction of sp³-hybridized carbons (Fsp3) is 0.464. The lowest BCUT2D eigenvalue weighted by atomic mass is 9.88. The van der Waals surface area contributed by atoms with E-state index in [1.54, 1.807) is 12.1 Å². The molecule has 32 heavy (non-hydrogen) atoms. The molecule has 0 bridgehead atoms. The van der Waals surface area contributed by atoms with E-state index in [0.29, 0.717) is 6.04 Å². The summed E-state index contributed by atoms with van der Waals surface area (Å²) in [5, 5.41) is 3.79. The molecule has 2 aliphatic rings. The van der Waals surface area contributed by atoms with Gasteiger partial charge in [-0.2, -0.15) is 0 Å². The van der Waals surface area contributed by atoms with Crippen molar-refractivity contribution in [3.63, 3.8) is 0 Å². The lowest BCUT2D eigenvalue weighted by molar-refractivity contribution is 0.617. The maximum atomic E-state index is 13.4. The Morgan fingerprint density at radius 2 is 2.00 bits per heavy atom. The summed E-state index contributed by atoms with van der Waals surface area (Å²) in [6, 6.07) is 9.43. The fourth-order valence-corrected chi connectivity index (χ4v) is 4.40. The molecule has 1 unspecified atom stereocenters. The minimum Gasteiger partial charge on any atom is -0.380 e. The van der Waals surface area contributed by atoms with Crippen molar-refractivity contribution in [2.45, 2.75) is 70.8 Å². The number of nitrogens with one attached hydrogen (secondary N) is 1. The van der Waals surface area contributed by atoms with Gasteiger partial charge < -0.3 is 10.2 Å². The van der Waals surface area contributed by atoms with E-state index < -0.39 is 0 Å². The molecule has 2 heterocycles. The van der Waals surface area contributed by atoms with Crippen molar-refractivity contribution in [2.24, 2.45) is 0 Å². The first-order chi connectivity index (χ1) is 15.7. The lowest BCUT2D eigenvalue weighted by Crippen LogP contribution is -2.32.